The van der Waals surface area contributed by atoms with E-state index in [1.807, 2.05) is 0 Å². The molecule has 0 heterocycles. The lowest BCUT2D eigenvalue weighted by molar-refractivity contribution is 0.584. The van der Waals surface area contributed by atoms with Gasteiger partial charge in [0.1, 0.15) is 0 Å². The van der Waals surface area contributed by atoms with Gasteiger partial charge >= 0.3 is 0 Å². The monoisotopic (exact) mass is 172 g/mol. The van der Waals surface area contributed by atoms with Crippen molar-refractivity contribution in [2.45, 2.75) is 33.6 Å². The first-order valence-electron chi connectivity index (χ1n) is 4.05. The van der Waals surface area contributed by atoms with E-state index in [-0.39, 0.29) is 0 Å². The molecule has 0 aromatic rings. The van der Waals surface area contributed by atoms with E-state index in [4.69, 9.17) is 11.6 Å². The van der Waals surface area contributed by atoms with Crippen molar-refractivity contribution < 1.29 is 0 Å². The smallest absolute Gasteiger partial charge is 0.0389 e. The van der Waals surface area contributed by atoms with Crippen LogP contribution in [0.2, 0.25) is 0 Å². The molecule has 0 aromatic carbocycles. The molecular weight excluding hydrogens is 156 g/mol. The fourth-order valence-electron chi connectivity index (χ4n) is 0.799. The van der Waals surface area contributed by atoms with Gasteiger partial charge in [0.05, 0.1) is 0 Å². The average Bonchev–Trinajstić information content (AvgIpc) is 1.98. The van der Waals surface area contributed by atoms with Crippen LogP contribution >= 0.6 is 11.6 Å². The maximum Gasteiger partial charge on any atom is 0.0389 e. The third-order valence-corrected chi connectivity index (χ3v) is 2.16. The molecule has 64 valence electrons. The number of allylic oxidation sites excluding steroid dienone is 3. The van der Waals surface area contributed by atoms with Gasteiger partial charge in [-0.05, 0) is 25.7 Å². The second kappa shape index (κ2) is 5.42. The molecule has 1 heteroatoms. The highest BCUT2D eigenvalue weighted by Gasteiger charge is 1.98. The Bertz CT molecular complexity index is 154. The molecule has 0 aliphatic rings. The molecule has 0 saturated carbocycles. The van der Waals surface area contributed by atoms with Crippen LogP contribution in [0.5, 0.6) is 0 Å². The lowest BCUT2D eigenvalue weighted by atomic mass is 10.0. The molecule has 11 heavy (non-hydrogen) atoms. The molecule has 0 spiro atoms. The van der Waals surface area contributed by atoms with Gasteiger partial charge in [-0.3, -0.25) is 0 Å². The summed E-state index contributed by atoms with van der Waals surface area (Å²) in [5.74, 6) is 0.749. The molecule has 0 amide bonds. The van der Waals surface area contributed by atoms with Crippen LogP contribution in [0.4, 0.5) is 0 Å². The molecule has 0 radical (unpaired) electrons. The standard InChI is InChI=1S/C10H17Cl/c1-5-10(11)9(4)7-6-8(2)3/h5,8H,1,6-7H2,2-4H3/b10-9+. The van der Waals surface area contributed by atoms with Gasteiger partial charge in [-0.2, -0.15) is 0 Å². The lowest BCUT2D eigenvalue weighted by Crippen LogP contribution is -1.88. The second-order valence-electron chi connectivity index (χ2n) is 3.26. The molecule has 0 rings (SSSR count). The molecule has 0 bridgehead atoms. The first kappa shape index (κ1) is 10.8. The first-order chi connectivity index (χ1) is 5.07. The van der Waals surface area contributed by atoms with Crippen molar-refractivity contribution in [2.75, 3.05) is 0 Å². The molecule has 0 nitrogen and oxygen atoms in total. The summed E-state index contributed by atoms with van der Waals surface area (Å²) in [5.41, 5.74) is 1.25. The fourth-order valence-corrected chi connectivity index (χ4v) is 0.893. The van der Waals surface area contributed by atoms with Gasteiger partial charge in [0.15, 0.2) is 0 Å². The Labute approximate surface area is 74.9 Å². The van der Waals surface area contributed by atoms with Crippen LogP contribution in [0, 0.1) is 5.92 Å². The highest BCUT2D eigenvalue weighted by molar-refractivity contribution is 6.31. The highest BCUT2D eigenvalue weighted by atomic mass is 35.5. The van der Waals surface area contributed by atoms with E-state index in [1.54, 1.807) is 6.08 Å². The van der Waals surface area contributed by atoms with Crippen LogP contribution in [0.1, 0.15) is 33.6 Å². The van der Waals surface area contributed by atoms with Crippen LogP contribution in [-0.2, 0) is 0 Å². The van der Waals surface area contributed by atoms with Gasteiger partial charge in [0.25, 0.3) is 0 Å². The molecule has 0 aliphatic heterocycles. The summed E-state index contributed by atoms with van der Waals surface area (Å²) in [6.45, 7) is 10.1. The van der Waals surface area contributed by atoms with Crippen molar-refractivity contribution in [1.82, 2.24) is 0 Å². The Hall–Kier alpha value is -0.230. The van der Waals surface area contributed by atoms with Gasteiger partial charge < -0.3 is 0 Å². The number of hydrogen-bond acceptors (Lipinski definition) is 0. The maximum absolute atomic E-state index is 5.86. The van der Waals surface area contributed by atoms with Gasteiger partial charge in [-0.15, -0.1) is 0 Å². The zero-order chi connectivity index (χ0) is 8.85. The summed E-state index contributed by atoms with van der Waals surface area (Å²) in [6, 6.07) is 0. The summed E-state index contributed by atoms with van der Waals surface area (Å²) >= 11 is 5.86. The van der Waals surface area contributed by atoms with E-state index < -0.39 is 0 Å². The van der Waals surface area contributed by atoms with Crippen molar-refractivity contribution in [3.05, 3.63) is 23.3 Å². The quantitative estimate of drug-likeness (QED) is 0.560. The molecule has 0 saturated heterocycles. The van der Waals surface area contributed by atoms with Gasteiger partial charge in [0.2, 0.25) is 0 Å². The fraction of sp³-hybridized carbons (Fsp3) is 0.600. The summed E-state index contributed by atoms with van der Waals surface area (Å²) in [4.78, 5) is 0. The molecular formula is C10H17Cl. The molecule has 0 aliphatic carbocycles. The van der Waals surface area contributed by atoms with Crippen molar-refractivity contribution in [3.63, 3.8) is 0 Å². The van der Waals surface area contributed by atoms with Crippen LogP contribution in [0.3, 0.4) is 0 Å². The van der Waals surface area contributed by atoms with Crippen LogP contribution in [-0.4, -0.2) is 0 Å². The van der Waals surface area contributed by atoms with Gasteiger partial charge in [-0.1, -0.05) is 43.7 Å². The summed E-state index contributed by atoms with van der Waals surface area (Å²) < 4.78 is 0. The Morgan fingerprint density at radius 1 is 1.55 bits per heavy atom. The predicted molar refractivity (Wildman–Crippen MR) is 52.8 cm³/mol. The third kappa shape index (κ3) is 5.09. The Balaban J connectivity index is 3.85. The van der Waals surface area contributed by atoms with Crippen LogP contribution in [0.15, 0.2) is 23.3 Å². The third-order valence-electron chi connectivity index (χ3n) is 1.68. The Kier molecular flexibility index (Phi) is 5.31. The lowest BCUT2D eigenvalue weighted by Gasteiger charge is -2.05. The number of halogens is 1. The molecule has 0 aromatic heterocycles. The van der Waals surface area contributed by atoms with Gasteiger partial charge in [-0.25, -0.2) is 0 Å². The van der Waals surface area contributed by atoms with E-state index in [1.165, 1.54) is 12.0 Å². The number of rotatable bonds is 4. The maximum atomic E-state index is 5.86. The minimum Gasteiger partial charge on any atom is -0.0976 e. The number of hydrogen-bond donors (Lipinski definition) is 0. The first-order valence-corrected chi connectivity index (χ1v) is 4.43. The van der Waals surface area contributed by atoms with E-state index in [0.717, 1.165) is 17.4 Å². The summed E-state index contributed by atoms with van der Waals surface area (Å²) in [5, 5.41) is 0.811. The highest BCUT2D eigenvalue weighted by Crippen LogP contribution is 2.17. The Morgan fingerprint density at radius 3 is 2.45 bits per heavy atom. The SMILES string of the molecule is C=C/C(Cl)=C(/C)CCC(C)C. The van der Waals surface area contributed by atoms with Crippen molar-refractivity contribution in [1.29, 1.82) is 0 Å². The largest absolute Gasteiger partial charge is 0.0976 e. The van der Waals surface area contributed by atoms with Crippen molar-refractivity contribution >= 4 is 11.6 Å². The minimum atomic E-state index is 0.749. The predicted octanol–water partition coefficient (Wildman–Crippen LogP) is 4.12. The summed E-state index contributed by atoms with van der Waals surface area (Å²) in [7, 11) is 0. The van der Waals surface area contributed by atoms with Crippen molar-refractivity contribution in [3.8, 4) is 0 Å². The van der Waals surface area contributed by atoms with E-state index in [9.17, 15) is 0 Å². The second-order valence-corrected chi connectivity index (χ2v) is 3.67. The zero-order valence-electron chi connectivity index (χ0n) is 7.65. The van der Waals surface area contributed by atoms with Crippen molar-refractivity contribution in [2.24, 2.45) is 5.92 Å². The van der Waals surface area contributed by atoms with E-state index in [2.05, 4.69) is 27.4 Å². The van der Waals surface area contributed by atoms with E-state index >= 15 is 0 Å². The van der Waals surface area contributed by atoms with Crippen LogP contribution in [0.25, 0.3) is 0 Å². The summed E-state index contributed by atoms with van der Waals surface area (Å²) in [6.07, 6.45) is 4.00. The topological polar surface area (TPSA) is 0 Å². The van der Waals surface area contributed by atoms with E-state index in [0.29, 0.717) is 0 Å². The Morgan fingerprint density at radius 2 is 2.09 bits per heavy atom. The normalized spacial score (nSPS) is 13.2. The van der Waals surface area contributed by atoms with Crippen LogP contribution < -0.4 is 0 Å². The molecule has 0 fully saturated rings. The molecule has 0 atom stereocenters. The minimum absolute atomic E-state index is 0.749. The molecule has 0 unspecified atom stereocenters. The average molecular weight is 173 g/mol. The van der Waals surface area contributed by atoms with Gasteiger partial charge in [0, 0.05) is 5.03 Å². The zero-order valence-corrected chi connectivity index (χ0v) is 8.41. The molecule has 0 N–H and O–H groups in total.